The van der Waals surface area contributed by atoms with Crippen LogP contribution in [0.4, 0.5) is 4.39 Å². The molecule has 1 aromatic heterocycles. The number of halogens is 1. The molecule has 3 rings (SSSR count). The van der Waals surface area contributed by atoms with E-state index in [4.69, 9.17) is 0 Å². The molecule has 0 bridgehead atoms. The number of likely N-dealkylation sites (tertiary alicyclic amines) is 1. The van der Waals surface area contributed by atoms with E-state index in [0.717, 1.165) is 41.1 Å². The third-order valence-electron chi connectivity index (χ3n) is 4.03. The van der Waals surface area contributed by atoms with Crippen molar-refractivity contribution in [2.75, 3.05) is 6.54 Å². The predicted octanol–water partition coefficient (Wildman–Crippen LogP) is 3.99. The van der Waals surface area contributed by atoms with Crippen LogP contribution in [0, 0.1) is 5.82 Å². The Labute approximate surface area is 133 Å². The van der Waals surface area contributed by atoms with Gasteiger partial charge in [0, 0.05) is 16.3 Å². The lowest BCUT2D eigenvalue weighted by molar-refractivity contribution is -0.144. The summed E-state index contributed by atoms with van der Waals surface area (Å²) in [5, 5.41) is 9.32. The van der Waals surface area contributed by atoms with Gasteiger partial charge in [0.25, 0.3) is 0 Å². The Bertz CT molecular complexity index is 670. The lowest BCUT2D eigenvalue weighted by Gasteiger charge is -2.32. The quantitative estimate of drug-likeness (QED) is 0.926. The smallest absolute Gasteiger partial charge is 0.320 e. The number of carboxylic acid groups (broad SMARTS) is 1. The molecule has 0 saturated carbocycles. The first-order valence-corrected chi connectivity index (χ1v) is 8.26. The molecule has 3 nitrogen and oxygen atoms in total. The van der Waals surface area contributed by atoms with Gasteiger partial charge in [-0.05, 0) is 49.2 Å². The zero-order valence-electron chi connectivity index (χ0n) is 12.2. The minimum atomic E-state index is -0.735. The highest BCUT2D eigenvalue weighted by Crippen LogP contribution is 2.30. The largest absolute Gasteiger partial charge is 0.480 e. The van der Waals surface area contributed by atoms with Crippen LogP contribution in [0.2, 0.25) is 0 Å². The first kappa shape index (κ1) is 15.2. The molecule has 0 amide bonds. The fourth-order valence-electron chi connectivity index (χ4n) is 2.92. The van der Waals surface area contributed by atoms with Gasteiger partial charge in [-0.3, -0.25) is 9.69 Å². The maximum Gasteiger partial charge on any atom is 0.320 e. The van der Waals surface area contributed by atoms with Crippen LogP contribution in [0.15, 0.2) is 36.4 Å². The summed E-state index contributed by atoms with van der Waals surface area (Å²) in [6.45, 7) is 1.47. The molecule has 1 saturated heterocycles. The lowest BCUT2D eigenvalue weighted by atomic mass is 10.0. The molecule has 5 heteroatoms. The van der Waals surface area contributed by atoms with E-state index in [0.29, 0.717) is 6.54 Å². The van der Waals surface area contributed by atoms with Gasteiger partial charge in [0.05, 0.1) is 0 Å². The maximum atomic E-state index is 13.3. The van der Waals surface area contributed by atoms with Crippen LogP contribution >= 0.6 is 11.3 Å². The van der Waals surface area contributed by atoms with Crippen LogP contribution in [-0.2, 0) is 11.3 Å². The summed E-state index contributed by atoms with van der Waals surface area (Å²) in [6.07, 6.45) is 2.75. The van der Waals surface area contributed by atoms with Gasteiger partial charge >= 0.3 is 5.97 Å². The van der Waals surface area contributed by atoms with Crippen molar-refractivity contribution in [2.24, 2.45) is 0 Å². The number of rotatable bonds is 4. The van der Waals surface area contributed by atoms with Crippen molar-refractivity contribution in [1.82, 2.24) is 4.90 Å². The Morgan fingerprint density at radius 1 is 1.32 bits per heavy atom. The standard InChI is InChI=1S/C17H18FNO2S/c18-13-5-3-4-12(10-13)16-8-7-14(22-16)11-19-9-2-1-6-15(19)17(20)21/h3-5,7-8,10,15H,1-2,6,9,11H2,(H,20,21). The fraction of sp³-hybridized carbons (Fsp3) is 0.353. The van der Waals surface area contributed by atoms with E-state index >= 15 is 0 Å². The number of benzene rings is 1. The molecular weight excluding hydrogens is 301 g/mol. The summed E-state index contributed by atoms with van der Waals surface area (Å²) in [5.41, 5.74) is 0.865. The van der Waals surface area contributed by atoms with Crippen molar-refractivity contribution in [3.05, 3.63) is 47.1 Å². The molecule has 1 aliphatic rings. The van der Waals surface area contributed by atoms with E-state index in [1.807, 2.05) is 23.1 Å². The Morgan fingerprint density at radius 3 is 2.95 bits per heavy atom. The van der Waals surface area contributed by atoms with Gasteiger partial charge in [0.2, 0.25) is 0 Å². The number of aliphatic carboxylic acids is 1. The highest BCUT2D eigenvalue weighted by atomic mass is 32.1. The molecule has 1 aliphatic heterocycles. The van der Waals surface area contributed by atoms with Crippen LogP contribution in [-0.4, -0.2) is 28.6 Å². The van der Waals surface area contributed by atoms with E-state index in [9.17, 15) is 14.3 Å². The Kier molecular flexibility index (Phi) is 4.55. The predicted molar refractivity (Wildman–Crippen MR) is 85.4 cm³/mol. The number of nitrogens with zero attached hydrogens (tertiary/aromatic N) is 1. The van der Waals surface area contributed by atoms with Crippen LogP contribution in [0.5, 0.6) is 0 Å². The molecular formula is C17H18FNO2S. The van der Waals surface area contributed by atoms with E-state index in [2.05, 4.69) is 0 Å². The topological polar surface area (TPSA) is 40.5 Å². The number of piperidine rings is 1. The molecule has 1 aromatic carbocycles. The van der Waals surface area contributed by atoms with Gasteiger partial charge in [-0.1, -0.05) is 18.6 Å². The number of hydrogen-bond acceptors (Lipinski definition) is 3. The minimum Gasteiger partial charge on any atom is -0.480 e. The first-order valence-electron chi connectivity index (χ1n) is 7.45. The van der Waals surface area contributed by atoms with Crippen LogP contribution in [0.25, 0.3) is 10.4 Å². The van der Waals surface area contributed by atoms with Crippen molar-refractivity contribution in [3.63, 3.8) is 0 Å². The van der Waals surface area contributed by atoms with Gasteiger partial charge in [-0.2, -0.15) is 0 Å². The molecule has 0 radical (unpaired) electrons. The fourth-order valence-corrected chi connectivity index (χ4v) is 3.95. The summed E-state index contributed by atoms with van der Waals surface area (Å²) in [5.74, 6) is -0.976. The molecule has 1 fully saturated rings. The molecule has 1 unspecified atom stereocenters. The van der Waals surface area contributed by atoms with E-state index in [1.54, 1.807) is 17.4 Å². The van der Waals surface area contributed by atoms with E-state index in [-0.39, 0.29) is 11.9 Å². The first-order chi connectivity index (χ1) is 10.6. The summed E-state index contributed by atoms with van der Waals surface area (Å²) in [4.78, 5) is 15.5. The molecule has 22 heavy (non-hydrogen) atoms. The SMILES string of the molecule is O=C(O)C1CCCCN1Cc1ccc(-c2cccc(F)c2)s1. The number of thiophene rings is 1. The lowest BCUT2D eigenvalue weighted by Crippen LogP contribution is -2.43. The minimum absolute atomic E-state index is 0.241. The van der Waals surface area contributed by atoms with Gasteiger partial charge < -0.3 is 5.11 Å². The molecule has 2 heterocycles. The molecule has 0 spiro atoms. The third kappa shape index (κ3) is 3.36. The second-order valence-electron chi connectivity index (χ2n) is 5.60. The molecule has 2 aromatic rings. The van der Waals surface area contributed by atoms with Crippen molar-refractivity contribution in [2.45, 2.75) is 31.8 Å². The summed E-state index contributed by atoms with van der Waals surface area (Å²) >= 11 is 1.60. The molecule has 0 aliphatic carbocycles. The van der Waals surface area contributed by atoms with Gasteiger partial charge in [-0.25, -0.2) is 4.39 Å². The summed E-state index contributed by atoms with van der Waals surface area (Å²) in [6, 6.07) is 10.2. The van der Waals surface area contributed by atoms with Gasteiger partial charge in [0.1, 0.15) is 11.9 Å². The van der Waals surface area contributed by atoms with Crippen molar-refractivity contribution >= 4 is 17.3 Å². The number of carbonyl (C=O) groups is 1. The Hall–Kier alpha value is -1.72. The highest BCUT2D eigenvalue weighted by molar-refractivity contribution is 7.15. The highest BCUT2D eigenvalue weighted by Gasteiger charge is 2.28. The second-order valence-corrected chi connectivity index (χ2v) is 6.76. The summed E-state index contributed by atoms with van der Waals surface area (Å²) < 4.78 is 13.3. The zero-order valence-corrected chi connectivity index (χ0v) is 13.0. The number of carboxylic acids is 1. The van der Waals surface area contributed by atoms with Gasteiger partial charge in [0.15, 0.2) is 0 Å². The van der Waals surface area contributed by atoms with E-state index in [1.165, 1.54) is 12.1 Å². The van der Waals surface area contributed by atoms with Gasteiger partial charge in [-0.15, -0.1) is 11.3 Å². The molecule has 116 valence electrons. The summed E-state index contributed by atoms with van der Waals surface area (Å²) in [7, 11) is 0. The Morgan fingerprint density at radius 2 is 2.18 bits per heavy atom. The van der Waals surface area contributed by atoms with Crippen LogP contribution in [0.3, 0.4) is 0 Å². The van der Waals surface area contributed by atoms with Crippen molar-refractivity contribution in [3.8, 4) is 10.4 Å². The Balaban J connectivity index is 1.75. The normalized spacial score (nSPS) is 19.2. The second kappa shape index (κ2) is 6.58. The average Bonchev–Trinajstić information content (AvgIpc) is 2.96. The molecule has 1 N–H and O–H groups in total. The van der Waals surface area contributed by atoms with Crippen LogP contribution in [0.1, 0.15) is 24.1 Å². The van der Waals surface area contributed by atoms with Crippen molar-refractivity contribution < 1.29 is 14.3 Å². The monoisotopic (exact) mass is 319 g/mol. The maximum absolute atomic E-state index is 13.3. The van der Waals surface area contributed by atoms with E-state index < -0.39 is 5.97 Å². The average molecular weight is 319 g/mol. The third-order valence-corrected chi connectivity index (χ3v) is 5.15. The van der Waals surface area contributed by atoms with Crippen molar-refractivity contribution in [1.29, 1.82) is 0 Å². The van der Waals surface area contributed by atoms with Crippen LogP contribution < -0.4 is 0 Å². The zero-order chi connectivity index (χ0) is 15.5. The molecule has 1 atom stereocenters. The number of hydrogen-bond donors (Lipinski definition) is 1.